The molecule has 2 heterocycles. The molecule has 0 aromatic heterocycles. The zero-order valence-electron chi connectivity index (χ0n) is 21.0. The van der Waals surface area contributed by atoms with Gasteiger partial charge >= 0.3 is 0 Å². The number of nitro groups is 1. The van der Waals surface area contributed by atoms with E-state index in [-0.39, 0.29) is 22.6 Å². The maximum atomic E-state index is 13.2. The van der Waals surface area contributed by atoms with Crippen LogP contribution in [0.2, 0.25) is 0 Å². The molecule has 2 fully saturated rings. The average molecular weight is 496 g/mol. The normalized spacial score (nSPS) is 16.6. The van der Waals surface area contributed by atoms with Crippen molar-refractivity contribution in [3.63, 3.8) is 0 Å². The molecule has 2 aromatic rings. The van der Waals surface area contributed by atoms with Crippen LogP contribution in [0.5, 0.6) is 0 Å². The summed E-state index contributed by atoms with van der Waals surface area (Å²) in [6.07, 6.45) is 0. The van der Waals surface area contributed by atoms with E-state index in [9.17, 15) is 19.7 Å². The fourth-order valence-corrected chi connectivity index (χ4v) is 4.50. The van der Waals surface area contributed by atoms with Crippen molar-refractivity contribution in [2.24, 2.45) is 5.41 Å². The van der Waals surface area contributed by atoms with Gasteiger partial charge in [0.2, 0.25) is 5.91 Å². The van der Waals surface area contributed by atoms with Gasteiger partial charge in [0.15, 0.2) is 0 Å². The lowest BCUT2D eigenvalue weighted by Gasteiger charge is -2.38. The Labute approximate surface area is 211 Å². The van der Waals surface area contributed by atoms with Crippen molar-refractivity contribution in [1.29, 1.82) is 0 Å². The van der Waals surface area contributed by atoms with Gasteiger partial charge in [-0.05, 0) is 30.3 Å². The molecule has 2 aliphatic rings. The summed E-state index contributed by atoms with van der Waals surface area (Å²) in [4.78, 5) is 42.7. The van der Waals surface area contributed by atoms with Crippen LogP contribution in [-0.4, -0.2) is 74.1 Å². The Morgan fingerprint density at radius 3 is 2.14 bits per heavy atom. The molecule has 0 saturated carbocycles. The van der Waals surface area contributed by atoms with Crippen molar-refractivity contribution in [3.05, 3.63) is 58.1 Å². The lowest BCUT2D eigenvalue weighted by molar-refractivity contribution is -0.384. The minimum Gasteiger partial charge on any atom is -0.378 e. The number of nitrogens with zero attached hydrogens (tertiary/aromatic N) is 4. The Morgan fingerprint density at radius 1 is 0.917 bits per heavy atom. The summed E-state index contributed by atoms with van der Waals surface area (Å²) in [5.74, 6) is -0.236. The number of carbonyl (C=O) groups excluding carboxylic acids is 2. The van der Waals surface area contributed by atoms with Crippen molar-refractivity contribution in [2.75, 3.05) is 67.6 Å². The number of nitrogens with one attached hydrogen (secondary N) is 1. The van der Waals surface area contributed by atoms with Crippen LogP contribution in [0.1, 0.15) is 31.1 Å². The molecule has 2 saturated heterocycles. The second kappa shape index (κ2) is 10.5. The van der Waals surface area contributed by atoms with Crippen molar-refractivity contribution in [3.8, 4) is 0 Å². The fourth-order valence-electron chi connectivity index (χ4n) is 4.50. The van der Waals surface area contributed by atoms with Gasteiger partial charge in [0.05, 0.1) is 29.4 Å². The van der Waals surface area contributed by atoms with Gasteiger partial charge in [-0.2, -0.15) is 0 Å². The predicted octanol–water partition coefficient (Wildman–Crippen LogP) is 3.38. The number of benzene rings is 2. The van der Waals surface area contributed by atoms with E-state index >= 15 is 0 Å². The first-order valence-corrected chi connectivity index (χ1v) is 12.2. The SMILES string of the molecule is CC(C)(C)C(=O)N1CCN(c2ccc(NC(=O)c3cc([N+](=O)[O-])ccc3N3CCOCC3)cc2)CC1. The maximum Gasteiger partial charge on any atom is 0.270 e. The maximum absolute atomic E-state index is 13.2. The smallest absolute Gasteiger partial charge is 0.270 e. The van der Waals surface area contributed by atoms with Gasteiger partial charge in [0.25, 0.3) is 11.6 Å². The molecule has 4 rings (SSSR count). The monoisotopic (exact) mass is 495 g/mol. The fraction of sp³-hybridized carbons (Fsp3) is 0.462. The third-order valence-electron chi connectivity index (χ3n) is 6.49. The molecule has 2 amide bonds. The summed E-state index contributed by atoms with van der Waals surface area (Å²) < 4.78 is 5.40. The van der Waals surface area contributed by atoms with Crippen molar-refractivity contribution < 1.29 is 19.2 Å². The van der Waals surface area contributed by atoms with Crippen molar-refractivity contribution >= 4 is 34.6 Å². The van der Waals surface area contributed by atoms with Gasteiger partial charge in [-0.1, -0.05) is 20.8 Å². The molecule has 0 atom stereocenters. The topological polar surface area (TPSA) is 108 Å². The largest absolute Gasteiger partial charge is 0.378 e. The molecule has 2 aromatic carbocycles. The molecule has 2 aliphatic heterocycles. The number of hydrogen-bond donors (Lipinski definition) is 1. The summed E-state index contributed by atoms with van der Waals surface area (Å²) in [5, 5.41) is 14.2. The average Bonchev–Trinajstić information content (AvgIpc) is 2.88. The quantitative estimate of drug-likeness (QED) is 0.500. The molecule has 0 radical (unpaired) electrons. The van der Waals surface area contributed by atoms with E-state index < -0.39 is 10.8 Å². The zero-order valence-corrected chi connectivity index (χ0v) is 21.0. The first-order valence-electron chi connectivity index (χ1n) is 12.2. The summed E-state index contributed by atoms with van der Waals surface area (Å²) in [7, 11) is 0. The van der Waals surface area contributed by atoms with Crippen LogP contribution < -0.4 is 15.1 Å². The Balaban J connectivity index is 1.44. The number of hydrogen-bond acceptors (Lipinski definition) is 7. The lowest BCUT2D eigenvalue weighted by atomic mass is 9.94. The summed E-state index contributed by atoms with van der Waals surface area (Å²) in [5.41, 5.74) is 2.01. The first kappa shape index (κ1) is 25.4. The minimum atomic E-state index is -0.497. The second-order valence-corrected chi connectivity index (χ2v) is 10.1. The van der Waals surface area contributed by atoms with E-state index in [1.165, 1.54) is 12.1 Å². The van der Waals surface area contributed by atoms with Crippen molar-refractivity contribution in [2.45, 2.75) is 20.8 Å². The number of rotatable bonds is 5. The molecule has 0 unspecified atom stereocenters. The zero-order chi connectivity index (χ0) is 25.9. The van der Waals surface area contributed by atoms with Crippen LogP contribution in [0, 0.1) is 15.5 Å². The van der Waals surface area contributed by atoms with Gasteiger partial charge in [0, 0.05) is 68.2 Å². The highest BCUT2D eigenvalue weighted by atomic mass is 16.6. The Kier molecular flexibility index (Phi) is 7.44. The predicted molar refractivity (Wildman–Crippen MR) is 139 cm³/mol. The van der Waals surface area contributed by atoms with Crippen LogP contribution in [-0.2, 0) is 9.53 Å². The second-order valence-electron chi connectivity index (χ2n) is 10.1. The highest BCUT2D eigenvalue weighted by molar-refractivity contribution is 6.08. The van der Waals surface area contributed by atoms with Gasteiger partial charge in [-0.15, -0.1) is 0 Å². The number of non-ortho nitro benzene ring substituents is 1. The van der Waals surface area contributed by atoms with Gasteiger partial charge in [-0.3, -0.25) is 19.7 Å². The van der Waals surface area contributed by atoms with E-state index in [2.05, 4.69) is 10.2 Å². The van der Waals surface area contributed by atoms with Crippen LogP contribution in [0.4, 0.5) is 22.7 Å². The minimum absolute atomic E-state index is 0.128. The standard InChI is InChI=1S/C26H33N5O5/c1-26(2,3)25(33)30-12-10-28(11-13-30)20-6-4-19(5-7-20)27-24(32)22-18-21(31(34)35)8-9-23(22)29-14-16-36-17-15-29/h4-9,18H,10-17H2,1-3H3,(H,27,32). The third-order valence-corrected chi connectivity index (χ3v) is 6.49. The molecule has 10 nitrogen and oxygen atoms in total. The number of anilines is 3. The number of nitro benzene ring substituents is 1. The number of morpholine rings is 1. The molecule has 0 spiro atoms. The highest BCUT2D eigenvalue weighted by Crippen LogP contribution is 2.28. The van der Waals surface area contributed by atoms with E-state index in [0.717, 1.165) is 18.8 Å². The van der Waals surface area contributed by atoms with Crippen molar-refractivity contribution in [1.82, 2.24) is 4.90 Å². The van der Waals surface area contributed by atoms with E-state index in [1.807, 2.05) is 54.8 Å². The number of ether oxygens (including phenoxy) is 1. The third kappa shape index (κ3) is 5.76. The molecule has 0 aliphatic carbocycles. The Bertz CT molecular complexity index is 1110. The van der Waals surface area contributed by atoms with Crippen LogP contribution in [0.15, 0.2) is 42.5 Å². The summed E-state index contributed by atoms with van der Waals surface area (Å²) in [6.45, 7) is 10.9. The van der Waals surface area contributed by atoms with Gasteiger partial charge in [0.1, 0.15) is 0 Å². The highest BCUT2D eigenvalue weighted by Gasteiger charge is 2.29. The van der Waals surface area contributed by atoms with Crippen LogP contribution in [0.25, 0.3) is 0 Å². The number of carbonyl (C=O) groups is 2. The summed E-state index contributed by atoms with van der Waals surface area (Å²) >= 11 is 0. The molecular formula is C26H33N5O5. The number of amides is 2. The summed E-state index contributed by atoms with van der Waals surface area (Å²) in [6, 6.07) is 11.9. The Hall–Kier alpha value is -3.66. The molecule has 192 valence electrons. The van der Waals surface area contributed by atoms with Gasteiger partial charge < -0.3 is 24.8 Å². The Morgan fingerprint density at radius 2 is 1.56 bits per heavy atom. The van der Waals surface area contributed by atoms with Crippen LogP contribution in [0.3, 0.4) is 0 Å². The molecule has 1 N–H and O–H groups in total. The van der Waals surface area contributed by atoms with E-state index in [4.69, 9.17) is 4.74 Å². The first-order chi connectivity index (χ1) is 17.1. The molecular weight excluding hydrogens is 462 g/mol. The van der Waals surface area contributed by atoms with Crippen LogP contribution >= 0.6 is 0 Å². The van der Waals surface area contributed by atoms with E-state index in [0.29, 0.717) is 50.8 Å². The lowest BCUT2D eigenvalue weighted by Crippen LogP contribution is -2.51. The molecule has 36 heavy (non-hydrogen) atoms. The van der Waals surface area contributed by atoms with Gasteiger partial charge in [-0.25, -0.2) is 0 Å². The number of piperazine rings is 1. The van der Waals surface area contributed by atoms with E-state index in [1.54, 1.807) is 6.07 Å². The molecule has 0 bridgehead atoms. The molecule has 10 heteroatoms.